The fourth-order valence-electron chi connectivity index (χ4n) is 1.24. The molecule has 1 rings (SSSR count). The molecule has 2 N–H and O–H groups in total. The monoisotopic (exact) mass is 281 g/mol. The van der Waals surface area contributed by atoms with E-state index in [2.05, 4.69) is 21.9 Å². The first-order valence-corrected chi connectivity index (χ1v) is 6.53. The summed E-state index contributed by atoms with van der Waals surface area (Å²) in [5, 5.41) is 12.8. The van der Waals surface area contributed by atoms with E-state index in [0.29, 0.717) is 12.0 Å². The highest BCUT2D eigenvalue weighted by atomic mass is 32.1. The van der Waals surface area contributed by atoms with Gasteiger partial charge >= 0.3 is 5.97 Å². The molecule has 0 aliphatic rings. The zero-order valence-electron chi connectivity index (χ0n) is 10.7. The second kappa shape index (κ2) is 7.56. The predicted molar refractivity (Wildman–Crippen MR) is 71.8 cm³/mol. The molecule has 1 amide bonds. The van der Waals surface area contributed by atoms with Crippen molar-refractivity contribution in [3.8, 4) is 11.8 Å². The Morgan fingerprint density at radius 3 is 2.95 bits per heavy atom. The minimum Gasteiger partial charge on any atom is -0.467 e. The van der Waals surface area contributed by atoms with Crippen molar-refractivity contribution >= 4 is 23.2 Å². The molecule has 0 fully saturated rings. The number of carbonyl (C=O) groups is 2. The van der Waals surface area contributed by atoms with Gasteiger partial charge in [-0.15, -0.1) is 11.3 Å². The van der Waals surface area contributed by atoms with Crippen LogP contribution >= 0.6 is 11.3 Å². The summed E-state index contributed by atoms with van der Waals surface area (Å²) in [5.74, 6) is 4.78. The molecule has 1 aromatic heterocycles. The zero-order chi connectivity index (χ0) is 14.3. The summed E-state index contributed by atoms with van der Waals surface area (Å²) >= 11 is 1.34. The number of carbonyl (C=O) groups excluding carboxylic acids is 2. The lowest BCUT2D eigenvalue weighted by atomic mass is 10.2. The minimum atomic E-state index is -0.693. The van der Waals surface area contributed by atoms with Gasteiger partial charge in [0.2, 0.25) is 0 Å². The van der Waals surface area contributed by atoms with Gasteiger partial charge in [-0.1, -0.05) is 11.8 Å². The van der Waals surface area contributed by atoms with E-state index in [4.69, 9.17) is 5.11 Å². The number of thiophene rings is 1. The van der Waals surface area contributed by atoms with Gasteiger partial charge in [-0.05, 0) is 13.0 Å². The minimum absolute atomic E-state index is 0.0162. The molecule has 0 aliphatic carbocycles. The number of rotatable bonds is 4. The van der Waals surface area contributed by atoms with E-state index in [0.717, 1.165) is 4.88 Å². The Morgan fingerprint density at radius 1 is 1.58 bits per heavy atom. The molecular weight excluding hydrogens is 266 g/mol. The van der Waals surface area contributed by atoms with Crippen molar-refractivity contribution in [2.75, 3.05) is 13.7 Å². The van der Waals surface area contributed by atoms with Crippen LogP contribution in [0.5, 0.6) is 0 Å². The Morgan fingerprint density at radius 2 is 2.32 bits per heavy atom. The summed E-state index contributed by atoms with van der Waals surface area (Å²) in [7, 11) is 1.27. The fraction of sp³-hybridized carbons (Fsp3) is 0.385. The van der Waals surface area contributed by atoms with Crippen molar-refractivity contribution in [2.45, 2.75) is 19.4 Å². The highest BCUT2D eigenvalue weighted by Gasteiger charge is 2.17. The topological polar surface area (TPSA) is 75.6 Å². The molecule has 1 heterocycles. The van der Waals surface area contributed by atoms with Crippen LogP contribution in [-0.4, -0.2) is 36.7 Å². The Bertz CT molecular complexity index is 512. The molecule has 0 saturated carbocycles. The molecular formula is C13H15NO4S. The summed E-state index contributed by atoms with van der Waals surface area (Å²) in [6.45, 7) is 1.57. The lowest BCUT2D eigenvalue weighted by molar-refractivity contribution is -0.142. The summed E-state index contributed by atoms with van der Waals surface area (Å²) in [4.78, 5) is 23.7. The number of ether oxygens (including phenoxy) is 1. The fourth-order valence-corrected chi connectivity index (χ4v) is 2.00. The Balaban J connectivity index is 2.64. The lowest BCUT2D eigenvalue weighted by Crippen LogP contribution is -2.38. The molecule has 1 atom stereocenters. The lowest BCUT2D eigenvalue weighted by Gasteiger charge is -2.10. The Hall–Kier alpha value is -1.84. The molecule has 6 heteroatoms. The van der Waals surface area contributed by atoms with E-state index in [1.54, 1.807) is 18.4 Å². The molecule has 0 saturated heterocycles. The van der Waals surface area contributed by atoms with E-state index in [1.165, 1.54) is 18.4 Å². The third kappa shape index (κ3) is 4.73. The zero-order valence-corrected chi connectivity index (χ0v) is 11.5. The summed E-state index contributed by atoms with van der Waals surface area (Å²) in [6.07, 6.45) is 0.402. The van der Waals surface area contributed by atoms with Gasteiger partial charge in [0, 0.05) is 11.8 Å². The molecule has 1 aromatic rings. The van der Waals surface area contributed by atoms with Gasteiger partial charge in [0.05, 0.1) is 24.2 Å². The first-order valence-electron chi connectivity index (χ1n) is 5.65. The first kappa shape index (κ1) is 15.2. The number of hydrogen-bond acceptors (Lipinski definition) is 5. The molecule has 0 spiro atoms. The van der Waals surface area contributed by atoms with Crippen LogP contribution < -0.4 is 5.32 Å². The van der Waals surface area contributed by atoms with E-state index >= 15 is 0 Å². The normalized spacial score (nSPS) is 11.1. The maximum absolute atomic E-state index is 11.8. The highest BCUT2D eigenvalue weighted by molar-refractivity contribution is 7.10. The largest absolute Gasteiger partial charge is 0.467 e. The van der Waals surface area contributed by atoms with Crippen LogP contribution in [0, 0.1) is 11.8 Å². The number of hydrogen-bond donors (Lipinski definition) is 2. The molecule has 0 bridgehead atoms. The molecule has 0 aromatic carbocycles. The number of amides is 1. The Kier molecular flexibility index (Phi) is 6.06. The third-order valence-corrected chi connectivity index (χ3v) is 3.06. The molecule has 102 valence electrons. The van der Waals surface area contributed by atoms with Crippen LogP contribution in [0.3, 0.4) is 0 Å². The van der Waals surface area contributed by atoms with Crippen molar-refractivity contribution in [3.05, 3.63) is 21.9 Å². The van der Waals surface area contributed by atoms with Crippen LogP contribution in [0.25, 0.3) is 0 Å². The second-order valence-corrected chi connectivity index (χ2v) is 4.60. The highest BCUT2D eigenvalue weighted by Crippen LogP contribution is 2.13. The van der Waals surface area contributed by atoms with Crippen molar-refractivity contribution in [1.82, 2.24) is 5.32 Å². The second-order valence-electron chi connectivity index (χ2n) is 3.69. The van der Waals surface area contributed by atoms with Gasteiger partial charge < -0.3 is 15.2 Å². The third-order valence-electron chi connectivity index (χ3n) is 2.21. The average molecular weight is 281 g/mol. The quantitative estimate of drug-likeness (QED) is 0.631. The van der Waals surface area contributed by atoms with Crippen molar-refractivity contribution in [2.24, 2.45) is 0 Å². The van der Waals surface area contributed by atoms with Crippen molar-refractivity contribution in [1.29, 1.82) is 0 Å². The smallest absolute Gasteiger partial charge is 0.328 e. The number of aliphatic hydroxyl groups excluding tert-OH is 1. The van der Waals surface area contributed by atoms with Crippen LogP contribution in [0.1, 0.15) is 28.6 Å². The van der Waals surface area contributed by atoms with E-state index in [-0.39, 0.29) is 12.5 Å². The van der Waals surface area contributed by atoms with Crippen LogP contribution in [-0.2, 0) is 9.53 Å². The van der Waals surface area contributed by atoms with Crippen molar-refractivity contribution in [3.63, 3.8) is 0 Å². The van der Waals surface area contributed by atoms with Gasteiger partial charge in [-0.3, -0.25) is 4.79 Å². The van der Waals surface area contributed by atoms with Crippen LogP contribution in [0.15, 0.2) is 11.4 Å². The van der Waals surface area contributed by atoms with Crippen LogP contribution in [0.4, 0.5) is 0 Å². The maximum Gasteiger partial charge on any atom is 0.328 e. The van der Waals surface area contributed by atoms with Gasteiger partial charge in [0.25, 0.3) is 5.91 Å². The van der Waals surface area contributed by atoms with Crippen LogP contribution in [0.2, 0.25) is 0 Å². The van der Waals surface area contributed by atoms with Gasteiger partial charge in [0.15, 0.2) is 0 Å². The predicted octanol–water partition coefficient (Wildman–Crippen LogP) is 0.773. The van der Waals surface area contributed by atoms with Gasteiger partial charge in [0.1, 0.15) is 6.04 Å². The van der Waals surface area contributed by atoms with Gasteiger partial charge in [-0.2, -0.15) is 0 Å². The maximum atomic E-state index is 11.8. The van der Waals surface area contributed by atoms with Gasteiger partial charge in [-0.25, -0.2) is 4.79 Å². The molecule has 5 nitrogen and oxygen atoms in total. The molecule has 0 aliphatic heterocycles. The molecule has 0 radical (unpaired) electrons. The summed E-state index contributed by atoms with van der Waals surface area (Å²) < 4.78 is 4.52. The molecule has 19 heavy (non-hydrogen) atoms. The number of methoxy groups -OCH3 is 1. The van der Waals surface area contributed by atoms with E-state index < -0.39 is 12.0 Å². The van der Waals surface area contributed by atoms with E-state index in [9.17, 15) is 9.59 Å². The number of nitrogens with one attached hydrogen (secondary N) is 1. The molecule has 1 unspecified atom stereocenters. The average Bonchev–Trinajstić information content (AvgIpc) is 2.87. The number of esters is 1. The first-order chi connectivity index (χ1) is 9.08. The standard InChI is InChI=1S/C13H15NO4S/c1-9(13(17)18-2)14-12(16)10-7-11(19-8-10)5-3-4-6-15/h7-9,15H,4,6H2,1-2H3,(H,14,16). The summed E-state index contributed by atoms with van der Waals surface area (Å²) in [5.41, 5.74) is 0.453. The summed E-state index contributed by atoms with van der Waals surface area (Å²) in [6, 6.07) is 0.954. The van der Waals surface area contributed by atoms with E-state index in [1.807, 2.05) is 0 Å². The number of aliphatic hydroxyl groups is 1. The Labute approximate surface area is 115 Å². The SMILES string of the molecule is COC(=O)C(C)NC(=O)c1csc(C#CCCO)c1. The van der Waals surface area contributed by atoms with Crippen molar-refractivity contribution < 1.29 is 19.4 Å².